The zero-order valence-electron chi connectivity index (χ0n) is 20.8. The Bertz CT molecular complexity index is 1110. The lowest BCUT2D eigenvalue weighted by Crippen LogP contribution is -2.58. The van der Waals surface area contributed by atoms with Gasteiger partial charge in [0, 0.05) is 63.1 Å². The fourth-order valence-corrected chi connectivity index (χ4v) is 4.88. The maximum Gasteiger partial charge on any atom is 0.317 e. The standard InChI is InChI=1S/C23H34N12O/c1-25-33-21(30-24)15-12-35(13-15)23(36)27-16-5-7-17(8-6-16)34(2)22-26-10-9-19(29-22)28-20-11-18(31-32-20)14-3-4-14/h9-11,14-17H,3-8,12-13,24H2,1-2H3,(H,27,36)(H2,26,28,29,31,32). The van der Waals surface area contributed by atoms with Crippen LogP contribution < -0.4 is 21.4 Å². The summed E-state index contributed by atoms with van der Waals surface area (Å²) in [6, 6.07) is 4.34. The highest BCUT2D eigenvalue weighted by Crippen LogP contribution is 2.39. The number of carbonyl (C=O) groups excluding carboxylic acids is 1. The maximum atomic E-state index is 12.6. The molecule has 13 nitrogen and oxygen atoms in total. The first-order valence-corrected chi connectivity index (χ1v) is 12.5. The summed E-state index contributed by atoms with van der Waals surface area (Å²) in [7, 11) is 3.61. The molecule has 0 atom stereocenters. The van der Waals surface area contributed by atoms with Crippen LogP contribution in [0.1, 0.15) is 50.1 Å². The molecule has 0 spiro atoms. The van der Waals surface area contributed by atoms with Crippen LogP contribution in [0.3, 0.4) is 0 Å². The van der Waals surface area contributed by atoms with E-state index in [4.69, 9.17) is 10.8 Å². The minimum atomic E-state index is -0.0434. The first-order chi connectivity index (χ1) is 17.5. The number of anilines is 3. The molecule has 2 saturated carbocycles. The molecule has 1 saturated heterocycles. The molecule has 0 unspecified atom stereocenters. The molecule has 0 bridgehead atoms. The predicted molar refractivity (Wildman–Crippen MR) is 136 cm³/mol. The number of nitrogens with one attached hydrogen (secondary N) is 3. The van der Waals surface area contributed by atoms with Gasteiger partial charge in [-0.3, -0.25) is 5.10 Å². The Hall–Kier alpha value is -3.77. The molecule has 3 heterocycles. The lowest BCUT2D eigenvalue weighted by molar-refractivity contribution is 0.141. The fraction of sp³-hybridized carbons (Fsp3) is 0.609. The Morgan fingerprint density at radius 2 is 1.97 bits per heavy atom. The molecule has 5 rings (SSSR count). The molecule has 3 aliphatic rings. The molecule has 0 radical (unpaired) electrons. The lowest BCUT2D eigenvalue weighted by atomic mass is 9.90. The van der Waals surface area contributed by atoms with Crippen LogP contribution >= 0.6 is 0 Å². The number of carbonyl (C=O) groups is 1. The number of aromatic nitrogens is 4. The average Bonchev–Trinajstić information content (AvgIpc) is 3.61. The van der Waals surface area contributed by atoms with Crippen LogP contribution in [0.5, 0.6) is 0 Å². The van der Waals surface area contributed by atoms with Crippen LogP contribution in [-0.2, 0) is 0 Å². The second kappa shape index (κ2) is 10.5. The highest BCUT2D eigenvalue weighted by molar-refractivity contribution is 5.88. The second-order valence-electron chi connectivity index (χ2n) is 9.80. The van der Waals surface area contributed by atoms with Crippen molar-refractivity contribution in [3.8, 4) is 0 Å². The number of nitrogens with two attached hydrogens (primary N) is 1. The molecule has 1 aliphatic heterocycles. The Kier molecular flexibility index (Phi) is 6.96. The molecule has 2 aromatic heterocycles. The van der Waals surface area contributed by atoms with E-state index in [-0.39, 0.29) is 18.0 Å². The third-order valence-electron chi connectivity index (χ3n) is 7.27. The first kappa shape index (κ1) is 23.9. The third-order valence-corrected chi connectivity index (χ3v) is 7.27. The van der Waals surface area contributed by atoms with Crippen molar-refractivity contribution in [2.45, 2.75) is 56.5 Å². The van der Waals surface area contributed by atoms with Crippen LogP contribution in [0.25, 0.3) is 0 Å². The fourth-order valence-electron chi connectivity index (χ4n) is 4.88. The van der Waals surface area contributed by atoms with E-state index in [9.17, 15) is 4.79 Å². The molecule has 2 amide bonds. The number of azo groups is 1. The minimum absolute atomic E-state index is 0.0434. The number of rotatable bonds is 7. The Labute approximate surface area is 210 Å². The van der Waals surface area contributed by atoms with E-state index in [1.807, 2.05) is 13.1 Å². The molecule has 0 aromatic carbocycles. The summed E-state index contributed by atoms with van der Waals surface area (Å²) in [6.07, 6.45) is 7.95. The molecular formula is C23H34N12O. The summed E-state index contributed by atoms with van der Waals surface area (Å²) < 4.78 is 0. The largest absolute Gasteiger partial charge is 0.341 e. The minimum Gasteiger partial charge on any atom is -0.341 e. The van der Waals surface area contributed by atoms with Gasteiger partial charge in [0.1, 0.15) is 5.82 Å². The molecule has 3 fully saturated rings. The van der Waals surface area contributed by atoms with E-state index in [1.54, 1.807) is 18.1 Å². The number of aromatic amines is 1. The summed E-state index contributed by atoms with van der Waals surface area (Å²) in [5.41, 5.74) is 1.18. The monoisotopic (exact) mass is 494 g/mol. The molecule has 192 valence electrons. The van der Waals surface area contributed by atoms with E-state index >= 15 is 0 Å². The summed E-state index contributed by atoms with van der Waals surface area (Å²) in [5, 5.41) is 25.2. The average molecular weight is 495 g/mol. The Balaban J connectivity index is 1.08. The van der Waals surface area contributed by atoms with Gasteiger partial charge in [-0.1, -0.05) is 0 Å². The highest BCUT2D eigenvalue weighted by atomic mass is 16.2. The van der Waals surface area contributed by atoms with Crippen LogP contribution in [-0.4, -0.2) is 76.2 Å². The van der Waals surface area contributed by atoms with Gasteiger partial charge in [-0.2, -0.15) is 20.3 Å². The van der Waals surface area contributed by atoms with Gasteiger partial charge in [-0.25, -0.2) is 9.78 Å². The van der Waals surface area contributed by atoms with Crippen molar-refractivity contribution in [2.24, 2.45) is 27.1 Å². The number of urea groups is 1. The number of likely N-dealkylation sites (tertiary alicyclic amines) is 1. The SMILES string of the molecule is CN=NC(=NN)C1CN(C(=O)NC2CCC(N(C)c3nccc(Nc4cc(C5CC5)[nH]n4)n3)CC2)C1. The smallest absolute Gasteiger partial charge is 0.317 e. The molecule has 5 N–H and O–H groups in total. The van der Waals surface area contributed by atoms with E-state index in [0.717, 1.165) is 37.3 Å². The van der Waals surface area contributed by atoms with E-state index in [0.29, 0.717) is 36.8 Å². The first-order valence-electron chi connectivity index (χ1n) is 12.5. The molecule has 2 aromatic rings. The van der Waals surface area contributed by atoms with Crippen molar-refractivity contribution in [3.63, 3.8) is 0 Å². The van der Waals surface area contributed by atoms with Crippen LogP contribution in [0, 0.1) is 5.92 Å². The normalized spacial score (nSPS) is 22.9. The second-order valence-corrected chi connectivity index (χ2v) is 9.80. The quantitative estimate of drug-likeness (QED) is 0.151. The van der Waals surface area contributed by atoms with Crippen molar-refractivity contribution in [1.29, 1.82) is 0 Å². The van der Waals surface area contributed by atoms with E-state index in [1.165, 1.54) is 18.5 Å². The van der Waals surface area contributed by atoms with Gasteiger partial charge >= 0.3 is 6.03 Å². The van der Waals surface area contributed by atoms with Gasteiger partial charge in [-0.05, 0) is 44.6 Å². The summed E-state index contributed by atoms with van der Waals surface area (Å²) in [5.74, 6) is 8.70. The van der Waals surface area contributed by atoms with Gasteiger partial charge in [0.2, 0.25) is 5.95 Å². The number of nitrogens with zero attached hydrogens (tertiary/aromatic N) is 8. The number of hydrogen-bond acceptors (Lipinski definition) is 9. The topological polar surface area (TPSA) is 165 Å². The summed E-state index contributed by atoms with van der Waals surface area (Å²) in [4.78, 5) is 25.7. The van der Waals surface area contributed by atoms with Crippen LogP contribution in [0.4, 0.5) is 22.4 Å². The number of hydrazone groups is 1. The molecular weight excluding hydrogens is 460 g/mol. The van der Waals surface area contributed by atoms with Crippen molar-refractivity contribution in [1.82, 2.24) is 30.4 Å². The van der Waals surface area contributed by atoms with Crippen molar-refractivity contribution < 1.29 is 4.79 Å². The van der Waals surface area contributed by atoms with Gasteiger partial charge in [0.25, 0.3) is 0 Å². The van der Waals surface area contributed by atoms with Crippen LogP contribution in [0.2, 0.25) is 0 Å². The number of hydrogen-bond donors (Lipinski definition) is 4. The third kappa shape index (κ3) is 5.39. The van der Waals surface area contributed by atoms with E-state index < -0.39 is 0 Å². The Morgan fingerprint density at radius 1 is 1.19 bits per heavy atom. The van der Waals surface area contributed by atoms with Crippen LogP contribution in [0.15, 0.2) is 33.7 Å². The van der Waals surface area contributed by atoms with Crippen molar-refractivity contribution >= 4 is 29.5 Å². The highest BCUT2D eigenvalue weighted by Gasteiger charge is 2.36. The summed E-state index contributed by atoms with van der Waals surface area (Å²) in [6.45, 7) is 1.11. The molecule has 2 aliphatic carbocycles. The molecule has 13 heteroatoms. The van der Waals surface area contributed by atoms with Gasteiger partial charge in [-0.15, -0.1) is 5.11 Å². The number of amides is 2. The number of amidine groups is 1. The maximum absolute atomic E-state index is 12.6. The zero-order valence-corrected chi connectivity index (χ0v) is 20.8. The Morgan fingerprint density at radius 3 is 2.67 bits per heavy atom. The van der Waals surface area contributed by atoms with Gasteiger partial charge in [0.15, 0.2) is 11.7 Å². The zero-order chi connectivity index (χ0) is 25.1. The van der Waals surface area contributed by atoms with Gasteiger partial charge < -0.3 is 26.3 Å². The number of H-pyrrole nitrogens is 1. The predicted octanol–water partition coefficient (Wildman–Crippen LogP) is 2.56. The summed E-state index contributed by atoms with van der Waals surface area (Å²) >= 11 is 0. The van der Waals surface area contributed by atoms with Crippen molar-refractivity contribution in [2.75, 3.05) is 37.4 Å². The lowest BCUT2D eigenvalue weighted by Gasteiger charge is -2.40. The van der Waals surface area contributed by atoms with Gasteiger partial charge in [0.05, 0.1) is 5.92 Å². The van der Waals surface area contributed by atoms with Crippen molar-refractivity contribution in [3.05, 3.63) is 24.0 Å². The molecule has 36 heavy (non-hydrogen) atoms. The van der Waals surface area contributed by atoms with E-state index in [2.05, 4.69) is 52.1 Å².